The number of halogens is 3. The molecule has 0 saturated heterocycles. The first-order valence-corrected chi connectivity index (χ1v) is 4.11. The van der Waals surface area contributed by atoms with Crippen LogP contribution in [0.1, 0.15) is 16.1 Å². The molecule has 0 bridgehead atoms. The summed E-state index contributed by atoms with van der Waals surface area (Å²) in [6.07, 6.45) is -4.91. The first kappa shape index (κ1) is 12.9. The number of pyridine rings is 1. The Morgan fingerprint density at radius 2 is 2.12 bits per heavy atom. The average Bonchev–Trinajstić information content (AvgIpc) is 2.12. The van der Waals surface area contributed by atoms with Crippen LogP contribution in [0.4, 0.5) is 18.9 Å². The Kier molecular flexibility index (Phi) is 3.30. The van der Waals surface area contributed by atoms with E-state index in [0.29, 0.717) is 6.07 Å². The van der Waals surface area contributed by atoms with Crippen molar-refractivity contribution < 1.29 is 27.6 Å². The summed E-state index contributed by atoms with van der Waals surface area (Å²) in [5.74, 6) is -0.914. The minimum absolute atomic E-state index is 0.0655. The van der Waals surface area contributed by atoms with E-state index in [0.717, 1.165) is 6.92 Å². The highest BCUT2D eigenvalue weighted by atomic mass is 19.4. The van der Waals surface area contributed by atoms with E-state index in [1.807, 2.05) is 0 Å². The monoisotopic (exact) mass is 250 g/mol. The Labute approximate surface area is 92.2 Å². The maximum atomic E-state index is 11.9. The number of carbonyl (C=O) groups is 1. The van der Waals surface area contributed by atoms with Gasteiger partial charge in [0.1, 0.15) is 5.69 Å². The van der Waals surface area contributed by atoms with Crippen LogP contribution >= 0.6 is 0 Å². The standard InChI is InChI=1S/C8H5F3N2O4/c1-4-7(13(15)16)5(3-14)2-6(12-4)17-8(9,10)11/h2-3H,1H3. The van der Waals surface area contributed by atoms with E-state index in [9.17, 15) is 28.1 Å². The molecular weight excluding hydrogens is 245 g/mol. The van der Waals surface area contributed by atoms with Crippen molar-refractivity contribution in [1.29, 1.82) is 0 Å². The van der Waals surface area contributed by atoms with Gasteiger partial charge in [0.2, 0.25) is 5.88 Å². The molecule has 1 rings (SSSR count). The van der Waals surface area contributed by atoms with Gasteiger partial charge < -0.3 is 4.74 Å². The molecule has 0 atom stereocenters. The number of rotatable bonds is 3. The van der Waals surface area contributed by atoms with Crippen LogP contribution in [0, 0.1) is 17.0 Å². The number of hydrogen-bond acceptors (Lipinski definition) is 5. The SMILES string of the molecule is Cc1nc(OC(F)(F)F)cc(C=O)c1[N+](=O)[O-]. The number of ether oxygens (including phenoxy) is 1. The molecule has 1 aromatic rings. The lowest BCUT2D eigenvalue weighted by Crippen LogP contribution is -2.18. The predicted octanol–water partition coefficient (Wildman–Crippen LogP) is 2.01. The molecule has 92 valence electrons. The molecular formula is C8H5F3N2O4. The van der Waals surface area contributed by atoms with Crippen molar-refractivity contribution in [1.82, 2.24) is 4.98 Å². The second kappa shape index (κ2) is 4.36. The molecule has 0 fully saturated rings. The lowest BCUT2D eigenvalue weighted by Gasteiger charge is -2.09. The van der Waals surface area contributed by atoms with Gasteiger partial charge in [-0.15, -0.1) is 13.2 Å². The molecule has 6 nitrogen and oxygen atoms in total. The average molecular weight is 250 g/mol. The maximum Gasteiger partial charge on any atom is 0.574 e. The molecule has 0 aliphatic rings. The molecule has 0 radical (unpaired) electrons. The summed E-state index contributed by atoms with van der Waals surface area (Å²) < 4.78 is 39.1. The smallest absolute Gasteiger partial charge is 0.388 e. The van der Waals surface area contributed by atoms with Crippen LogP contribution in [0.15, 0.2) is 6.07 Å². The lowest BCUT2D eigenvalue weighted by atomic mass is 10.2. The summed E-state index contributed by atoms with van der Waals surface area (Å²) in [7, 11) is 0. The third-order valence-corrected chi connectivity index (χ3v) is 1.70. The quantitative estimate of drug-likeness (QED) is 0.465. The Bertz CT molecular complexity index is 473. The number of nitrogens with zero attached hydrogens (tertiary/aromatic N) is 2. The van der Waals surface area contributed by atoms with E-state index in [2.05, 4.69) is 9.72 Å². The summed E-state index contributed by atoms with van der Waals surface area (Å²) >= 11 is 0. The third-order valence-electron chi connectivity index (χ3n) is 1.70. The number of aryl methyl sites for hydroxylation is 1. The van der Waals surface area contributed by atoms with Crippen molar-refractivity contribution in [3.05, 3.63) is 27.4 Å². The van der Waals surface area contributed by atoms with E-state index < -0.39 is 28.4 Å². The largest absolute Gasteiger partial charge is 0.574 e. The summed E-state index contributed by atoms with van der Waals surface area (Å²) in [6.45, 7) is 1.11. The Morgan fingerprint density at radius 1 is 1.53 bits per heavy atom. The van der Waals surface area contributed by atoms with E-state index in [-0.39, 0.29) is 12.0 Å². The van der Waals surface area contributed by atoms with Gasteiger partial charge in [-0.05, 0) is 6.92 Å². The zero-order chi connectivity index (χ0) is 13.2. The number of carbonyl (C=O) groups excluding carboxylic acids is 1. The van der Waals surface area contributed by atoms with Gasteiger partial charge in [0.15, 0.2) is 6.29 Å². The molecule has 0 amide bonds. The van der Waals surface area contributed by atoms with Crippen molar-refractivity contribution in [3.8, 4) is 5.88 Å². The molecule has 17 heavy (non-hydrogen) atoms. The van der Waals surface area contributed by atoms with E-state index in [1.54, 1.807) is 0 Å². The summed E-state index contributed by atoms with van der Waals surface area (Å²) in [6, 6.07) is 0.561. The molecule has 1 heterocycles. The third kappa shape index (κ3) is 3.13. The molecule has 0 aromatic carbocycles. The van der Waals surface area contributed by atoms with Gasteiger partial charge in [-0.25, -0.2) is 4.98 Å². The molecule has 0 N–H and O–H groups in total. The van der Waals surface area contributed by atoms with Crippen LogP contribution in [0.2, 0.25) is 0 Å². The van der Waals surface area contributed by atoms with Crippen molar-refractivity contribution in [2.24, 2.45) is 0 Å². The number of nitro groups is 1. The fraction of sp³-hybridized carbons (Fsp3) is 0.250. The van der Waals surface area contributed by atoms with Gasteiger partial charge in [0, 0.05) is 6.07 Å². The summed E-state index contributed by atoms with van der Waals surface area (Å²) in [4.78, 5) is 23.4. The number of hydrogen-bond donors (Lipinski definition) is 0. The second-order valence-electron chi connectivity index (χ2n) is 2.91. The fourth-order valence-electron chi connectivity index (χ4n) is 1.16. The first-order valence-electron chi connectivity index (χ1n) is 4.11. The molecule has 1 aromatic heterocycles. The summed E-state index contributed by atoms with van der Waals surface area (Å²) in [5.41, 5.74) is -1.50. The normalized spacial score (nSPS) is 11.1. The van der Waals surface area contributed by atoms with Gasteiger partial charge in [-0.3, -0.25) is 14.9 Å². The second-order valence-corrected chi connectivity index (χ2v) is 2.91. The van der Waals surface area contributed by atoms with Crippen molar-refractivity contribution >= 4 is 12.0 Å². The van der Waals surface area contributed by atoms with Crippen molar-refractivity contribution in [2.45, 2.75) is 13.3 Å². The predicted molar refractivity (Wildman–Crippen MR) is 47.7 cm³/mol. The van der Waals surface area contributed by atoms with Crippen LogP contribution < -0.4 is 4.74 Å². The Balaban J connectivity index is 3.27. The minimum Gasteiger partial charge on any atom is -0.388 e. The highest BCUT2D eigenvalue weighted by Gasteiger charge is 2.33. The van der Waals surface area contributed by atoms with Crippen LogP contribution in [0.3, 0.4) is 0 Å². The molecule has 0 spiro atoms. The highest BCUT2D eigenvalue weighted by Crippen LogP contribution is 2.27. The Morgan fingerprint density at radius 3 is 2.53 bits per heavy atom. The fourth-order valence-corrected chi connectivity index (χ4v) is 1.16. The molecule has 9 heteroatoms. The summed E-state index contributed by atoms with van der Waals surface area (Å²) in [5, 5.41) is 10.5. The minimum atomic E-state index is -4.98. The molecule has 0 aliphatic carbocycles. The van der Waals surface area contributed by atoms with Gasteiger partial charge >= 0.3 is 12.0 Å². The van der Waals surface area contributed by atoms with Crippen LogP contribution in [-0.2, 0) is 0 Å². The van der Waals surface area contributed by atoms with E-state index in [4.69, 9.17) is 0 Å². The van der Waals surface area contributed by atoms with Crippen LogP contribution in [0.5, 0.6) is 5.88 Å². The number of aromatic nitrogens is 1. The zero-order valence-electron chi connectivity index (χ0n) is 8.32. The maximum absolute atomic E-state index is 11.9. The van der Waals surface area contributed by atoms with Crippen molar-refractivity contribution in [2.75, 3.05) is 0 Å². The number of alkyl halides is 3. The van der Waals surface area contributed by atoms with Gasteiger partial charge in [0.25, 0.3) is 0 Å². The zero-order valence-corrected chi connectivity index (χ0v) is 8.32. The first-order chi connectivity index (χ1) is 7.74. The highest BCUT2D eigenvalue weighted by molar-refractivity contribution is 5.82. The van der Waals surface area contributed by atoms with Gasteiger partial charge in [-0.2, -0.15) is 0 Å². The molecule has 0 saturated carbocycles. The van der Waals surface area contributed by atoms with Crippen LogP contribution in [-0.4, -0.2) is 22.6 Å². The lowest BCUT2D eigenvalue weighted by molar-refractivity contribution is -0.386. The molecule has 0 aliphatic heterocycles. The van der Waals surface area contributed by atoms with Crippen LogP contribution in [0.25, 0.3) is 0 Å². The Hall–Kier alpha value is -2.19. The topological polar surface area (TPSA) is 82.3 Å². The number of aldehydes is 1. The van der Waals surface area contributed by atoms with Crippen molar-refractivity contribution in [3.63, 3.8) is 0 Å². The van der Waals surface area contributed by atoms with E-state index in [1.165, 1.54) is 0 Å². The molecule has 0 unspecified atom stereocenters. The van der Waals surface area contributed by atoms with Gasteiger partial charge in [-0.1, -0.05) is 0 Å². The van der Waals surface area contributed by atoms with Gasteiger partial charge in [0.05, 0.1) is 10.5 Å². The van der Waals surface area contributed by atoms with E-state index >= 15 is 0 Å².